The Bertz CT molecular complexity index is 954. The van der Waals surface area contributed by atoms with Crippen molar-refractivity contribution >= 4 is 39.7 Å². The van der Waals surface area contributed by atoms with Gasteiger partial charge in [-0.25, -0.2) is 17.4 Å². The van der Waals surface area contributed by atoms with E-state index in [2.05, 4.69) is 10.2 Å². The third kappa shape index (κ3) is 3.67. The van der Waals surface area contributed by atoms with Crippen LogP contribution in [-0.2, 0) is 10.2 Å². The molecule has 0 atom stereocenters. The van der Waals surface area contributed by atoms with E-state index in [4.69, 9.17) is 0 Å². The van der Waals surface area contributed by atoms with Crippen LogP contribution >= 0.6 is 12.4 Å². The number of nitrogens with one attached hydrogen (secondary N) is 1. The molecule has 0 spiro atoms. The number of hydrogen-bond acceptors (Lipinski definition) is 4. The number of para-hydroxylation sites is 2. The molecule has 28 heavy (non-hydrogen) atoms. The normalized spacial score (nSPS) is 18.6. The zero-order chi connectivity index (χ0) is 19.0. The average Bonchev–Trinajstić information content (AvgIpc) is 2.87. The van der Waals surface area contributed by atoms with Crippen LogP contribution < -0.4 is 13.9 Å². The Morgan fingerprint density at radius 1 is 0.929 bits per heavy atom. The SMILES string of the molecule is Cl.O=S1(=O)N(CCN2CCNCC2)c2ccccc2N1c1ccc(F)cc1F. The van der Waals surface area contributed by atoms with E-state index in [0.717, 1.165) is 42.6 Å². The summed E-state index contributed by atoms with van der Waals surface area (Å²) in [6.45, 7) is 4.29. The highest BCUT2D eigenvalue weighted by molar-refractivity contribution is 7.95. The van der Waals surface area contributed by atoms with Gasteiger partial charge in [-0.3, -0.25) is 4.90 Å². The second kappa shape index (κ2) is 8.20. The molecule has 2 aromatic carbocycles. The van der Waals surface area contributed by atoms with Gasteiger partial charge in [0.2, 0.25) is 0 Å². The van der Waals surface area contributed by atoms with Gasteiger partial charge in [-0.1, -0.05) is 12.1 Å². The average molecular weight is 431 g/mol. The van der Waals surface area contributed by atoms with Gasteiger partial charge in [0.15, 0.2) is 5.82 Å². The van der Waals surface area contributed by atoms with Crippen molar-refractivity contribution in [3.63, 3.8) is 0 Å². The van der Waals surface area contributed by atoms with Crippen molar-refractivity contribution in [2.75, 3.05) is 47.9 Å². The first-order valence-electron chi connectivity index (χ1n) is 8.78. The van der Waals surface area contributed by atoms with Crippen molar-refractivity contribution in [2.45, 2.75) is 0 Å². The molecular weight excluding hydrogens is 410 g/mol. The van der Waals surface area contributed by atoms with Crippen LogP contribution in [0.4, 0.5) is 25.8 Å². The van der Waals surface area contributed by atoms with Crippen molar-refractivity contribution < 1.29 is 17.2 Å². The number of anilines is 3. The molecule has 0 radical (unpaired) electrons. The highest BCUT2D eigenvalue weighted by Crippen LogP contribution is 2.45. The molecule has 0 amide bonds. The van der Waals surface area contributed by atoms with Gasteiger partial charge in [0.05, 0.1) is 17.1 Å². The Balaban J connectivity index is 0.00000225. The van der Waals surface area contributed by atoms with Crippen LogP contribution in [0.5, 0.6) is 0 Å². The molecule has 1 saturated heterocycles. The summed E-state index contributed by atoms with van der Waals surface area (Å²) in [6, 6.07) is 9.67. The first kappa shape index (κ1) is 20.8. The van der Waals surface area contributed by atoms with E-state index in [-0.39, 0.29) is 24.6 Å². The highest BCUT2D eigenvalue weighted by Gasteiger charge is 2.42. The Labute approximate surface area is 169 Å². The van der Waals surface area contributed by atoms with E-state index in [0.29, 0.717) is 24.0 Å². The minimum absolute atomic E-state index is 0. The second-order valence-electron chi connectivity index (χ2n) is 6.52. The molecule has 4 rings (SSSR count). The quantitative estimate of drug-likeness (QED) is 0.809. The summed E-state index contributed by atoms with van der Waals surface area (Å²) in [7, 11) is -4.01. The van der Waals surface area contributed by atoms with Crippen LogP contribution in [0, 0.1) is 11.6 Å². The van der Waals surface area contributed by atoms with E-state index in [1.807, 2.05) is 0 Å². The number of rotatable bonds is 4. The number of piperazine rings is 1. The lowest BCUT2D eigenvalue weighted by Gasteiger charge is -2.29. The van der Waals surface area contributed by atoms with Crippen LogP contribution in [0.25, 0.3) is 0 Å². The van der Waals surface area contributed by atoms with E-state index >= 15 is 0 Å². The largest absolute Gasteiger partial charge is 0.331 e. The van der Waals surface area contributed by atoms with Gasteiger partial charge >= 0.3 is 10.2 Å². The molecule has 2 aliphatic heterocycles. The Kier molecular flexibility index (Phi) is 6.09. The van der Waals surface area contributed by atoms with Gasteiger partial charge in [0, 0.05) is 45.3 Å². The van der Waals surface area contributed by atoms with Crippen LogP contribution in [0.15, 0.2) is 42.5 Å². The molecule has 0 bridgehead atoms. The fourth-order valence-electron chi connectivity index (χ4n) is 3.50. The number of halogens is 3. The van der Waals surface area contributed by atoms with E-state index < -0.39 is 21.8 Å². The molecule has 6 nitrogen and oxygen atoms in total. The molecule has 0 aliphatic carbocycles. The summed E-state index contributed by atoms with van der Waals surface area (Å²) in [4.78, 5) is 2.19. The molecule has 1 fully saturated rings. The van der Waals surface area contributed by atoms with Crippen LogP contribution in [0.2, 0.25) is 0 Å². The number of nitrogens with zero attached hydrogens (tertiary/aromatic N) is 3. The summed E-state index contributed by atoms with van der Waals surface area (Å²) in [5.74, 6) is -1.67. The summed E-state index contributed by atoms with van der Waals surface area (Å²) < 4.78 is 56.4. The molecule has 0 saturated carbocycles. The molecule has 2 heterocycles. The highest BCUT2D eigenvalue weighted by atomic mass is 35.5. The molecule has 0 unspecified atom stereocenters. The fourth-order valence-corrected chi connectivity index (χ4v) is 5.21. The number of benzene rings is 2. The lowest BCUT2D eigenvalue weighted by molar-refractivity contribution is 0.248. The number of hydrogen-bond donors (Lipinski definition) is 1. The molecule has 10 heteroatoms. The maximum absolute atomic E-state index is 14.4. The fraction of sp³-hybridized carbons (Fsp3) is 0.333. The van der Waals surface area contributed by atoms with Crippen LogP contribution in [0.1, 0.15) is 0 Å². The van der Waals surface area contributed by atoms with Crippen molar-refractivity contribution in [3.8, 4) is 0 Å². The molecule has 1 N–H and O–H groups in total. The second-order valence-corrected chi connectivity index (χ2v) is 8.22. The van der Waals surface area contributed by atoms with Gasteiger partial charge < -0.3 is 5.32 Å². The summed E-state index contributed by atoms with van der Waals surface area (Å²) >= 11 is 0. The molecule has 152 valence electrons. The van der Waals surface area contributed by atoms with Crippen molar-refractivity contribution in [1.29, 1.82) is 0 Å². The summed E-state index contributed by atoms with van der Waals surface area (Å²) in [5, 5.41) is 3.26. The van der Waals surface area contributed by atoms with Crippen molar-refractivity contribution in [3.05, 3.63) is 54.1 Å². The van der Waals surface area contributed by atoms with Gasteiger partial charge in [0.25, 0.3) is 0 Å². The van der Waals surface area contributed by atoms with E-state index in [9.17, 15) is 17.2 Å². The third-order valence-corrected chi connectivity index (χ3v) is 6.63. The van der Waals surface area contributed by atoms with Crippen molar-refractivity contribution in [2.24, 2.45) is 0 Å². The molecular formula is C18H21ClF2N4O2S. The predicted molar refractivity (Wildman–Crippen MR) is 108 cm³/mol. The zero-order valence-electron chi connectivity index (χ0n) is 15.0. The Morgan fingerprint density at radius 3 is 2.29 bits per heavy atom. The van der Waals surface area contributed by atoms with E-state index in [1.54, 1.807) is 24.3 Å². The predicted octanol–water partition coefficient (Wildman–Crippen LogP) is 2.49. The van der Waals surface area contributed by atoms with Crippen molar-refractivity contribution in [1.82, 2.24) is 10.2 Å². The lowest BCUT2D eigenvalue weighted by Crippen LogP contribution is -2.47. The molecule has 0 aromatic heterocycles. The number of fused-ring (bicyclic) bond motifs is 1. The standard InChI is InChI=1S/C18H20F2N4O2S.ClH/c19-14-5-6-16(15(20)13-14)24-18-4-2-1-3-17(18)23(27(24,25)26)12-11-22-9-7-21-8-10-22;/h1-6,13,21H,7-12H2;1H. The van der Waals surface area contributed by atoms with Crippen LogP contribution in [0.3, 0.4) is 0 Å². The topological polar surface area (TPSA) is 55.9 Å². The van der Waals surface area contributed by atoms with E-state index in [1.165, 1.54) is 4.31 Å². The maximum atomic E-state index is 14.4. The minimum atomic E-state index is -4.01. The lowest BCUT2D eigenvalue weighted by atomic mass is 10.2. The van der Waals surface area contributed by atoms with Crippen LogP contribution in [-0.4, -0.2) is 52.6 Å². The maximum Gasteiger partial charge on any atom is 0.331 e. The van der Waals surface area contributed by atoms with Gasteiger partial charge in [-0.05, 0) is 24.3 Å². The first-order chi connectivity index (χ1) is 13.0. The monoisotopic (exact) mass is 430 g/mol. The Hall–Kier alpha value is -1.94. The molecule has 2 aromatic rings. The minimum Gasteiger partial charge on any atom is -0.314 e. The summed E-state index contributed by atoms with van der Waals surface area (Å²) in [5.41, 5.74) is 0.674. The Morgan fingerprint density at radius 2 is 1.61 bits per heavy atom. The van der Waals surface area contributed by atoms with Gasteiger partial charge in [0.1, 0.15) is 5.82 Å². The van der Waals surface area contributed by atoms with Gasteiger partial charge in [-0.2, -0.15) is 8.42 Å². The third-order valence-electron chi connectivity index (χ3n) is 4.84. The van der Waals surface area contributed by atoms with Gasteiger partial charge in [-0.15, -0.1) is 12.4 Å². The molecule has 2 aliphatic rings. The smallest absolute Gasteiger partial charge is 0.314 e. The first-order valence-corrected chi connectivity index (χ1v) is 10.2. The zero-order valence-corrected chi connectivity index (χ0v) is 16.6. The summed E-state index contributed by atoms with van der Waals surface area (Å²) in [6.07, 6.45) is 0.